The van der Waals surface area contributed by atoms with Crippen LogP contribution < -0.4 is 0 Å². The van der Waals surface area contributed by atoms with Gasteiger partial charge in [0, 0.05) is 0 Å². The van der Waals surface area contributed by atoms with Gasteiger partial charge in [-0.05, 0) is 12.2 Å². The van der Waals surface area contributed by atoms with E-state index in [0.29, 0.717) is 0 Å². The van der Waals surface area contributed by atoms with Crippen molar-refractivity contribution in [1.82, 2.24) is 0 Å². The number of isothiocyanates is 1. The molecule has 0 N–H and O–H groups in total. The predicted octanol–water partition coefficient (Wildman–Crippen LogP) is 2.56. The van der Waals surface area contributed by atoms with Crippen molar-refractivity contribution in [2.45, 2.75) is 25.3 Å². The molecular formula is C5H9F2NSSi. The van der Waals surface area contributed by atoms with Crippen molar-refractivity contribution in [2.75, 3.05) is 0 Å². The average molecular weight is 181 g/mol. The molecule has 0 aromatic heterocycles. The minimum Gasteiger partial charge on any atom is -0.186 e. The second-order valence-electron chi connectivity index (χ2n) is 2.99. The van der Waals surface area contributed by atoms with Crippen LogP contribution in [0.2, 0.25) is 19.6 Å². The molecule has 0 spiro atoms. The van der Waals surface area contributed by atoms with Gasteiger partial charge in [0.15, 0.2) is 8.07 Å². The normalized spacial score (nSPS) is 12.5. The molecule has 0 aliphatic carbocycles. The Hall–Kier alpha value is -0.123. The maximum absolute atomic E-state index is 12.7. The van der Waals surface area contributed by atoms with Crippen molar-refractivity contribution in [2.24, 2.45) is 4.99 Å². The number of aliphatic imine (C=N–C) groups is 1. The molecular weight excluding hydrogens is 172 g/mol. The van der Waals surface area contributed by atoms with Crippen LogP contribution in [0.1, 0.15) is 0 Å². The summed E-state index contributed by atoms with van der Waals surface area (Å²) in [4.78, 5) is 2.82. The fraction of sp³-hybridized carbons (Fsp3) is 0.800. The third-order valence-corrected chi connectivity index (χ3v) is 3.10. The molecule has 0 saturated carbocycles. The Kier molecular flexibility index (Phi) is 2.82. The van der Waals surface area contributed by atoms with Crippen molar-refractivity contribution in [3.8, 4) is 0 Å². The quantitative estimate of drug-likeness (QED) is 0.276. The molecule has 0 fully saturated rings. The Morgan fingerprint density at radius 3 is 1.90 bits per heavy atom. The number of rotatable bonds is 2. The summed E-state index contributed by atoms with van der Waals surface area (Å²) in [6, 6.07) is 0. The third-order valence-electron chi connectivity index (χ3n) is 1.09. The van der Waals surface area contributed by atoms with Crippen LogP contribution in [0.3, 0.4) is 0 Å². The molecule has 0 radical (unpaired) electrons. The van der Waals surface area contributed by atoms with Crippen LogP contribution in [-0.4, -0.2) is 18.9 Å². The highest BCUT2D eigenvalue weighted by Crippen LogP contribution is 2.27. The van der Waals surface area contributed by atoms with Crippen LogP contribution in [0.4, 0.5) is 8.78 Å². The first kappa shape index (κ1) is 9.88. The Morgan fingerprint density at radius 2 is 1.80 bits per heavy atom. The zero-order valence-corrected chi connectivity index (χ0v) is 7.93. The summed E-state index contributed by atoms with van der Waals surface area (Å²) in [5.74, 6) is 0. The van der Waals surface area contributed by atoms with Crippen molar-refractivity contribution < 1.29 is 8.78 Å². The molecule has 5 heteroatoms. The van der Waals surface area contributed by atoms with Gasteiger partial charge < -0.3 is 0 Å². The molecule has 10 heavy (non-hydrogen) atoms. The summed E-state index contributed by atoms with van der Waals surface area (Å²) in [5, 5.41) is 1.71. The van der Waals surface area contributed by atoms with Gasteiger partial charge in [-0.15, -0.1) is 0 Å². The average Bonchev–Trinajstić information content (AvgIpc) is 1.61. The molecule has 0 rings (SSSR count). The highest BCUT2D eigenvalue weighted by atomic mass is 32.1. The van der Waals surface area contributed by atoms with Gasteiger partial charge in [0.1, 0.15) is 0 Å². The first-order valence-corrected chi connectivity index (χ1v) is 6.69. The van der Waals surface area contributed by atoms with E-state index in [1.54, 1.807) is 5.16 Å². The molecule has 0 saturated heterocycles. The van der Waals surface area contributed by atoms with Crippen molar-refractivity contribution in [1.29, 1.82) is 0 Å². The van der Waals surface area contributed by atoms with Crippen molar-refractivity contribution in [3.63, 3.8) is 0 Å². The van der Waals surface area contributed by atoms with Crippen molar-refractivity contribution in [3.05, 3.63) is 0 Å². The predicted molar refractivity (Wildman–Crippen MR) is 43.3 cm³/mol. The summed E-state index contributed by atoms with van der Waals surface area (Å²) in [6.07, 6.45) is 0. The van der Waals surface area contributed by atoms with Gasteiger partial charge in [0.05, 0.1) is 5.16 Å². The lowest BCUT2D eigenvalue weighted by Gasteiger charge is -2.22. The second kappa shape index (κ2) is 2.86. The van der Waals surface area contributed by atoms with Crippen LogP contribution in [0.5, 0.6) is 0 Å². The molecule has 0 atom stereocenters. The summed E-state index contributed by atoms with van der Waals surface area (Å²) < 4.78 is 25.4. The minimum absolute atomic E-state index is 1.53. The van der Waals surface area contributed by atoms with Gasteiger partial charge in [-0.25, -0.2) is 0 Å². The molecule has 0 bridgehead atoms. The van der Waals surface area contributed by atoms with E-state index in [0.717, 1.165) is 0 Å². The van der Waals surface area contributed by atoms with Gasteiger partial charge in [-0.2, -0.15) is 13.8 Å². The summed E-state index contributed by atoms with van der Waals surface area (Å²) >= 11 is 4.09. The number of hydrogen-bond acceptors (Lipinski definition) is 2. The summed E-state index contributed by atoms with van der Waals surface area (Å²) in [6.45, 7) is 4.59. The monoisotopic (exact) mass is 181 g/mol. The maximum atomic E-state index is 12.7. The molecule has 1 nitrogen and oxygen atoms in total. The number of hydrogen-bond donors (Lipinski definition) is 0. The zero-order chi connectivity index (χ0) is 8.41. The van der Waals surface area contributed by atoms with E-state index < -0.39 is 13.7 Å². The molecule has 0 aromatic carbocycles. The second-order valence-corrected chi connectivity index (χ2v) is 8.28. The van der Waals surface area contributed by atoms with Crippen LogP contribution >= 0.6 is 12.2 Å². The van der Waals surface area contributed by atoms with Crippen LogP contribution in [0.25, 0.3) is 0 Å². The Labute approximate surface area is 65.2 Å². The molecule has 0 aliphatic heterocycles. The van der Waals surface area contributed by atoms with E-state index in [2.05, 4.69) is 17.2 Å². The lowest BCUT2D eigenvalue weighted by atomic mass is 11.2. The largest absolute Gasteiger partial charge is 0.323 e. The lowest BCUT2D eigenvalue weighted by Crippen LogP contribution is -2.43. The van der Waals surface area contributed by atoms with Gasteiger partial charge in [0.2, 0.25) is 0 Å². The minimum atomic E-state index is -2.96. The Balaban J connectivity index is 4.56. The molecule has 0 amide bonds. The van der Waals surface area contributed by atoms with E-state index in [1.165, 1.54) is 19.6 Å². The van der Waals surface area contributed by atoms with Gasteiger partial charge in [0.25, 0.3) is 0 Å². The molecule has 58 valence electrons. The first-order chi connectivity index (χ1) is 4.31. The van der Waals surface area contributed by atoms with E-state index in [1.807, 2.05) is 0 Å². The molecule has 0 aliphatic rings. The Morgan fingerprint density at radius 1 is 1.40 bits per heavy atom. The number of nitrogens with zero attached hydrogens (tertiary/aromatic N) is 1. The highest BCUT2D eigenvalue weighted by Gasteiger charge is 2.44. The number of halogens is 2. The van der Waals surface area contributed by atoms with E-state index >= 15 is 0 Å². The number of thiocarbonyl (C=S) groups is 1. The fourth-order valence-electron chi connectivity index (χ4n) is 0.225. The van der Waals surface area contributed by atoms with Crippen LogP contribution in [-0.2, 0) is 0 Å². The molecule has 0 unspecified atom stereocenters. The van der Waals surface area contributed by atoms with Gasteiger partial charge in [-0.3, -0.25) is 0 Å². The van der Waals surface area contributed by atoms with E-state index in [-0.39, 0.29) is 0 Å². The highest BCUT2D eigenvalue weighted by molar-refractivity contribution is 7.78. The smallest absolute Gasteiger partial charge is 0.186 e. The van der Waals surface area contributed by atoms with Crippen LogP contribution in [0.15, 0.2) is 4.99 Å². The SMILES string of the molecule is C[Si](C)(C)C(F)(F)N=C=S. The van der Waals surface area contributed by atoms with E-state index in [9.17, 15) is 8.78 Å². The summed E-state index contributed by atoms with van der Waals surface area (Å²) in [5.41, 5.74) is -2.96. The molecule has 0 aromatic rings. The van der Waals surface area contributed by atoms with Crippen LogP contribution in [0, 0.1) is 0 Å². The van der Waals surface area contributed by atoms with Gasteiger partial charge >= 0.3 is 5.67 Å². The van der Waals surface area contributed by atoms with Gasteiger partial charge in [-0.1, -0.05) is 19.6 Å². The zero-order valence-electron chi connectivity index (χ0n) is 6.11. The number of alkyl halides is 2. The third kappa shape index (κ3) is 2.25. The summed E-state index contributed by atoms with van der Waals surface area (Å²) in [7, 11) is -2.53. The molecule has 0 heterocycles. The van der Waals surface area contributed by atoms with E-state index in [4.69, 9.17) is 0 Å². The fourth-order valence-corrected chi connectivity index (χ4v) is 0.812. The van der Waals surface area contributed by atoms with Crippen molar-refractivity contribution >= 4 is 25.5 Å². The first-order valence-electron chi connectivity index (χ1n) is 2.78. The Bertz CT molecular complexity index is 169. The maximum Gasteiger partial charge on any atom is 0.323 e. The standard InChI is InChI=1S/C5H9F2NSSi/c1-10(2,3)5(6,7)8-4-9/h1-3H3. The lowest BCUT2D eigenvalue weighted by molar-refractivity contribution is 0.0935. The topological polar surface area (TPSA) is 12.4 Å².